The van der Waals surface area contributed by atoms with Gasteiger partial charge in [-0.2, -0.15) is 0 Å². The molecule has 2 fully saturated rings. The van der Waals surface area contributed by atoms with E-state index < -0.39 is 11.4 Å². The zero-order valence-corrected chi connectivity index (χ0v) is 12.9. The van der Waals surface area contributed by atoms with Gasteiger partial charge in [0.05, 0.1) is 12.0 Å². The van der Waals surface area contributed by atoms with Gasteiger partial charge >= 0.3 is 5.97 Å². The van der Waals surface area contributed by atoms with Crippen LogP contribution in [-0.2, 0) is 14.9 Å². The molecule has 1 heterocycles. The lowest BCUT2D eigenvalue weighted by atomic mass is 9.69. The molecule has 0 spiro atoms. The molecule has 1 aromatic rings. The van der Waals surface area contributed by atoms with Crippen LogP contribution in [0.5, 0.6) is 5.75 Å². The van der Waals surface area contributed by atoms with Crippen molar-refractivity contribution in [1.29, 1.82) is 0 Å². The fourth-order valence-corrected chi connectivity index (χ4v) is 3.70. The van der Waals surface area contributed by atoms with E-state index in [2.05, 4.69) is 0 Å². The van der Waals surface area contributed by atoms with Gasteiger partial charge in [0.15, 0.2) is 0 Å². The van der Waals surface area contributed by atoms with Crippen molar-refractivity contribution in [3.8, 4) is 5.75 Å². The van der Waals surface area contributed by atoms with Crippen molar-refractivity contribution in [1.82, 2.24) is 0 Å². The first-order chi connectivity index (χ1) is 10.7. The predicted octanol–water partition coefficient (Wildman–Crippen LogP) is 3.53. The van der Waals surface area contributed by atoms with Crippen molar-refractivity contribution in [3.05, 3.63) is 29.8 Å². The van der Waals surface area contributed by atoms with Crippen LogP contribution in [0.4, 0.5) is 0 Å². The molecule has 0 amide bonds. The quantitative estimate of drug-likeness (QED) is 0.924. The Morgan fingerprint density at radius 3 is 2.64 bits per heavy atom. The highest BCUT2D eigenvalue weighted by molar-refractivity contribution is 5.82. The average molecular weight is 304 g/mol. The molecule has 22 heavy (non-hydrogen) atoms. The highest BCUT2D eigenvalue weighted by Crippen LogP contribution is 2.43. The molecule has 0 aromatic heterocycles. The number of carbonyl (C=O) groups is 1. The van der Waals surface area contributed by atoms with E-state index >= 15 is 0 Å². The molecule has 4 heteroatoms. The zero-order chi connectivity index (χ0) is 15.4. The summed E-state index contributed by atoms with van der Waals surface area (Å²) in [6, 6.07) is 7.67. The molecule has 1 unspecified atom stereocenters. The first-order valence-electron chi connectivity index (χ1n) is 8.30. The van der Waals surface area contributed by atoms with Gasteiger partial charge in [0, 0.05) is 12.2 Å². The molecule has 1 saturated carbocycles. The van der Waals surface area contributed by atoms with Crippen LogP contribution in [0.3, 0.4) is 0 Å². The van der Waals surface area contributed by atoms with Crippen molar-refractivity contribution >= 4 is 5.97 Å². The van der Waals surface area contributed by atoms with E-state index in [4.69, 9.17) is 9.47 Å². The minimum absolute atomic E-state index is 0.0318. The number of rotatable bonds is 4. The molecule has 1 aromatic carbocycles. The third-order valence-electron chi connectivity index (χ3n) is 4.93. The van der Waals surface area contributed by atoms with E-state index in [0.29, 0.717) is 19.4 Å². The highest BCUT2D eigenvalue weighted by Gasteiger charge is 2.43. The number of benzene rings is 1. The Labute approximate surface area is 131 Å². The molecular formula is C18H24O4. The zero-order valence-electron chi connectivity index (χ0n) is 12.9. The standard InChI is InChI=1S/C18H24O4/c19-17(20)18(10-4-1-5-11-18)15-8-2-3-9-16(15)22-14-7-6-12-21-13-14/h2-3,8-9,14H,1,4-7,10-13H2,(H,19,20). The summed E-state index contributed by atoms with van der Waals surface area (Å²) in [4.78, 5) is 12.0. The minimum atomic E-state index is -0.787. The summed E-state index contributed by atoms with van der Waals surface area (Å²) < 4.78 is 11.6. The van der Waals surface area contributed by atoms with E-state index in [9.17, 15) is 9.90 Å². The molecule has 0 bridgehead atoms. The van der Waals surface area contributed by atoms with Gasteiger partial charge < -0.3 is 14.6 Å². The summed E-state index contributed by atoms with van der Waals surface area (Å²) in [6.07, 6.45) is 6.44. The van der Waals surface area contributed by atoms with Crippen molar-refractivity contribution < 1.29 is 19.4 Å². The van der Waals surface area contributed by atoms with Gasteiger partial charge in [-0.05, 0) is 31.7 Å². The molecular weight excluding hydrogens is 280 g/mol. The lowest BCUT2D eigenvalue weighted by Crippen LogP contribution is -2.39. The Morgan fingerprint density at radius 2 is 1.95 bits per heavy atom. The summed E-state index contributed by atoms with van der Waals surface area (Å²) in [5.74, 6) is 0.00504. The van der Waals surface area contributed by atoms with E-state index in [0.717, 1.165) is 50.0 Å². The Balaban J connectivity index is 1.90. The van der Waals surface area contributed by atoms with Gasteiger partial charge in [0.1, 0.15) is 11.9 Å². The second-order valence-corrected chi connectivity index (χ2v) is 6.40. The molecule has 4 nitrogen and oxygen atoms in total. The SMILES string of the molecule is O=C(O)C1(c2ccccc2OC2CCCOC2)CCCCC1. The number of ether oxygens (including phenoxy) is 2. The molecule has 1 saturated heterocycles. The van der Waals surface area contributed by atoms with Crippen LogP contribution in [0.25, 0.3) is 0 Å². The Kier molecular flexibility index (Phi) is 4.67. The Morgan fingerprint density at radius 1 is 1.18 bits per heavy atom. The van der Waals surface area contributed by atoms with Gasteiger partial charge in [-0.1, -0.05) is 37.5 Å². The summed E-state index contributed by atoms with van der Waals surface area (Å²) in [7, 11) is 0. The van der Waals surface area contributed by atoms with Gasteiger partial charge in [-0.25, -0.2) is 0 Å². The third kappa shape index (κ3) is 2.98. The lowest BCUT2D eigenvalue weighted by molar-refractivity contribution is -0.145. The van der Waals surface area contributed by atoms with Crippen LogP contribution in [-0.4, -0.2) is 30.4 Å². The molecule has 3 rings (SSSR count). The molecule has 2 aliphatic rings. The van der Waals surface area contributed by atoms with Crippen LogP contribution < -0.4 is 4.74 Å². The topological polar surface area (TPSA) is 55.8 Å². The van der Waals surface area contributed by atoms with Gasteiger partial charge in [0.25, 0.3) is 0 Å². The molecule has 1 aliphatic carbocycles. The van der Waals surface area contributed by atoms with Crippen molar-refractivity contribution in [2.75, 3.05) is 13.2 Å². The van der Waals surface area contributed by atoms with Gasteiger partial charge in [-0.3, -0.25) is 4.79 Å². The largest absolute Gasteiger partial charge is 0.488 e. The molecule has 1 aliphatic heterocycles. The van der Waals surface area contributed by atoms with Crippen molar-refractivity contribution in [2.45, 2.75) is 56.5 Å². The Hall–Kier alpha value is -1.55. The summed E-state index contributed by atoms with van der Waals surface area (Å²) in [6.45, 7) is 1.38. The molecule has 0 radical (unpaired) electrons. The monoisotopic (exact) mass is 304 g/mol. The molecule has 1 atom stereocenters. The van der Waals surface area contributed by atoms with Crippen molar-refractivity contribution in [2.24, 2.45) is 0 Å². The number of hydrogen-bond acceptors (Lipinski definition) is 3. The number of carboxylic acid groups (broad SMARTS) is 1. The number of carboxylic acids is 1. The maximum Gasteiger partial charge on any atom is 0.314 e. The van der Waals surface area contributed by atoms with Gasteiger partial charge in [-0.15, -0.1) is 0 Å². The third-order valence-corrected chi connectivity index (χ3v) is 4.93. The van der Waals surface area contributed by atoms with E-state index in [1.165, 1.54) is 0 Å². The summed E-state index contributed by atoms with van der Waals surface area (Å²) in [5.41, 5.74) is 0.0532. The number of hydrogen-bond donors (Lipinski definition) is 1. The van der Waals surface area contributed by atoms with Crippen LogP contribution in [0.15, 0.2) is 24.3 Å². The fraction of sp³-hybridized carbons (Fsp3) is 0.611. The maximum absolute atomic E-state index is 12.0. The molecule has 1 N–H and O–H groups in total. The van der Waals surface area contributed by atoms with Crippen LogP contribution in [0.1, 0.15) is 50.5 Å². The Bertz CT molecular complexity index is 514. The fourth-order valence-electron chi connectivity index (χ4n) is 3.70. The second-order valence-electron chi connectivity index (χ2n) is 6.40. The van der Waals surface area contributed by atoms with E-state index in [-0.39, 0.29) is 6.10 Å². The average Bonchev–Trinajstić information content (AvgIpc) is 2.57. The first-order valence-corrected chi connectivity index (χ1v) is 8.30. The van der Waals surface area contributed by atoms with Gasteiger partial charge in [0.2, 0.25) is 0 Å². The summed E-state index contributed by atoms with van der Waals surface area (Å²) in [5, 5.41) is 9.89. The molecule has 120 valence electrons. The first kappa shape index (κ1) is 15.3. The smallest absolute Gasteiger partial charge is 0.314 e. The van der Waals surface area contributed by atoms with E-state index in [1.54, 1.807) is 0 Å². The van der Waals surface area contributed by atoms with Crippen LogP contribution in [0.2, 0.25) is 0 Å². The van der Waals surface area contributed by atoms with Crippen molar-refractivity contribution in [3.63, 3.8) is 0 Å². The lowest BCUT2D eigenvalue weighted by Gasteiger charge is -2.35. The van der Waals surface area contributed by atoms with Crippen LogP contribution >= 0.6 is 0 Å². The number of aliphatic carboxylic acids is 1. The highest BCUT2D eigenvalue weighted by atomic mass is 16.5. The normalized spacial score (nSPS) is 24.6. The number of para-hydroxylation sites is 1. The predicted molar refractivity (Wildman–Crippen MR) is 83.3 cm³/mol. The second kappa shape index (κ2) is 6.69. The minimum Gasteiger partial charge on any atom is -0.488 e. The summed E-state index contributed by atoms with van der Waals surface area (Å²) >= 11 is 0. The maximum atomic E-state index is 12.0. The van der Waals surface area contributed by atoms with E-state index in [1.807, 2.05) is 24.3 Å². The van der Waals surface area contributed by atoms with Crippen LogP contribution in [0, 0.1) is 0 Å².